The summed E-state index contributed by atoms with van der Waals surface area (Å²) in [7, 11) is 0. The number of anilines is 1. The Morgan fingerprint density at radius 3 is 2.20 bits per heavy atom. The van der Waals surface area contributed by atoms with E-state index in [4.69, 9.17) is 18.9 Å². The third-order valence-electron chi connectivity index (χ3n) is 3.00. The molecular weight excluding hydrogens is 326 g/mol. The highest BCUT2D eigenvalue weighted by molar-refractivity contribution is 5.92. The van der Waals surface area contributed by atoms with Crippen molar-refractivity contribution in [1.29, 1.82) is 0 Å². The number of ether oxygens (including phenoxy) is 4. The van der Waals surface area contributed by atoms with E-state index in [0.29, 0.717) is 64.3 Å². The van der Waals surface area contributed by atoms with Crippen molar-refractivity contribution in [2.24, 2.45) is 0 Å². The second-order valence-electron chi connectivity index (χ2n) is 5.53. The van der Waals surface area contributed by atoms with Crippen LogP contribution in [0.1, 0.15) is 31.3 Å². The summed E-state index contributed by atoms with van der Waals surface area (Å²) in [5.74, 6) is 0.522. The average molecular weight is 355 g/mol. The smallest absolute Gasteiger partial charge is 0.178 e. The van der Waals surface area contributed by atoms with Gasteiger partial charge in [-0.2, -0.15) is 0 Å². The molecule has 0 radical (unpaired) electrons. The van der Waals surface area contributed by atoms with E-state index < -0.39 is 0 Å². The van der Waals surface area contributed by atoms with E-state index in [-0.39, 0.29) is 11.9 Å². The molecule has 0 aliphatic carbocycles. The van der Waals surface area contributed by atoms with E-state index in [9.17, 15) is 4.79 Å². The molecule has 8 nitrogen and oxygen atoms in total. The molecule has 0 aliphatic rings. The summed E-state index contributed by atoms with van der Waals surface area (Å²) in [5, 5.41) is 3.08. The number of carbonyl (C=O) groups excluding carboxylic acids is 1. The minimum absolute atomic E-state index is 0.0877. The summed E-state index contributed by atoms with van der Waals surface area (Å²) in [4.78, 5) is 19.2. The average Bonchev–Trinajstić information content (AvgIpc) is 2.59. The predicted octanol–water partition coefficient (Wildman–Crippen LogP) is 1.57. The zero-order valence-electron chi connectivity index (χ0n) is 15.3. The Morgan fingerprint density at radius 2 is 1.60 bits per heavy atom. The third-order valence-corrected chi connectivity index (χ3v) is 3.00. The van der Waals surface area contributed by atoms with Crippen LogP contribution in [0.15, 0.2) is 12.4 Å². The van der Waals surface area contributed by atoms with Crippen LogP contribution in [0.3, 0.4) is 0 Å². The van der Waals surface area contributed by atoms with Crippen LogP contribution < -0.4 is 5.32 Å². The molecule has 0 bridgehead atoms. The normalized spacial score (nSPS) is 11.0. The highest BCUT2D eigenvalue weighted by Crippen LogP contribution is 2.03. The molecule has 0 unspecified atom stereocenters. The fourth-order valence-corrected chi connectivity index (χ4v) is 1.78. The summed E-state index contributed by atoms with van der Waals surface area (Å²) >= 11 is 0. The molecule has 0 aromatic carbocycles. The molecule has 0 aliphatic heterocycles. The number of hydrogen-bond donors (Lipinski definition) is 1. The summed E-state index contributed by atoms with van der Waals surface area (Å²) in [6.45, 7) is 9.89. The fraction of sp³-hybridized carbons (Fsp3) is 0.706. The maximum absolute atomic E-state index is 11.2. The number of nitrogens with zero attached hydrogens (tertiary/aromatic N) is 2. The Bertz CT molecular complexity index is 485. The van der Waals surface area contributed by atoms with Crippen molar-refractivity contribution in [3.05, 3.63) is 18.1 Å². The van der Waals surface area contributed by atoms with Crippen LogP contribution in [0, 0.1) is 0 Å². The summed E-state index contributed by atoms with van der Waals surface area (Å²) in [6.07, 6.45) is 1.60. The molecule has 0 saturated heterocycles. The van der Waals surface area contributed by atoms with E-state index in [0.717, 1.165) is 0 Å². The number of ketones is 1. The van der Waals surface area contributed by atoms with Crippen molar-refractivity contribution in [2.75, 3.05) is 58.1 Å². The number of rotatable bonds is 15. The second kappa shape index (κ2) is 13.7. The van der Waals surface area contributed by atoms with Gasteiger partial charge in [-0.3, -0.25) is 4.79 Å². The van der Waals surface area contributed by atoms with Gasteiger partial charge in [0.1, 0.15) is 17.8 Å². The highest BCUT2D eigenvalue weighted by atomic mass is 16.6. The highest BCUT2D eigenvalue weighted by Gasteiger charge is 2.02. The quantitative estimate of drug-likeness (QED) is 0.374. The topological polar surface area (TPSA) is 91.8 Å². The number of carbonyl (C=O) groups is 1. The summed E-state index contributed by atoms with van der Waals surface area (Å²) in [5.41, 5.74) is 0.393. The van der Waals surface area contributed by atoms with E-state index in [1.807, 2.05) is 13.8 Å². The van der Waals surface area contributed by atoms with E-state index in [1.165, 1.54) is 13.3 Å². The minimum Gasteiger partial charge on any atom is -0.377 e. The van der Waals surface area contributed by atoms with Gasteiger partial charge in [0.25, 0.3) is 0 Å². The molecule has 142 valence electrons. The van der Waals surface area contributed by atoms with Gasteiger partial charge in [0.2, 0.25) is 0 Å². The molecule has 1 aromatic rings. The van der Waals surface area contributed by atoms with Crippen LogP contribution in [0.25, 0.3) is 0 Å². The monoisotopic (exact) mass is 355 g/mol. The van der Waals surface area contributed by atoms with Crippen molar-refractivity contribution in [1.82, 2.24) is 9.97 Å². The molecule has 1 N–H and O–H groups in total. The predicted molar refractivity (Wildman–Crippen MR) is 94.1 cm³/mol. The van der Waals surface area contributed by atoms with Crippen LogP contribution in [0.4, 0.5) is 5.82 Å². The molecular formula is C17H29N3O5. The molecule has 1 rings (SSSR count). The lowest BCUT2D eigenvalue weighted by atomic mass is 10.3. The van der Waals surface area contributed by atoms with Gasteiger partial charge in [0.15, 0.2) is 5.78 Å². The lowest BCUT2D eigenvalue weighted by Gasteiger charge is -2.09. The van der Waals surface area contributed by atoms with Crippen molar-refractivity contribution in [3.8, 4) is 0 Å². The largest absolute Gasteiger partial charge is 0.377 e. The minimum atomic E-state index is -0.0877. The molecule has 1 heterocycles. The summed E-state index contributed by atoms with van der Waals surface area (Å²) in [6, 6.07) is 1.62. The van der Waals surface area contributed by atoms with Gasteiger partial charge in [-0.1, -0.05) is 0 Å². The zero-order valence-corrected chi connectivity index (χ0v) is 15.3. The molecule has 0 fully saturated rings. The number of hydrogen-bond acceptors (Lipinski definition) is 8. The van der Waals surface area contributed by atoms with Crippen molar-refractivity contribution in [2.45, 2.75) is 26.9 Å². The first-order valence-corrected chi connectivity index (χ1v) is 8.51. The Kier molecular flexibility index (Phi) is 11.7. The maximum atomic E-state index is 11.2. The Balaban J connectivity index is 1.89. The SMILES string of the molecule is CC(=O)c1cc(NCCOCCOCCOCCOC(C)C)ncn1. The van der Waals surface area contributed by atoms with E-state index in [2.05, 4.69) is 15.3 Å². The van der Waals surface area contributed by atoms with Gasteiger partial charge < -0.3 is 24.3 Å². The van der Waals surface area contributed by atoms with Gasteiger partial charge in [-0.05, 0) is 13.8 Å². The van der Waals surface area contributed by atoms with Crippen LogP contribution in [-0.4, -0.2) is 74.6 Å². The van der Waals surface area contributed by atoms with Crippen LogP contribution in [0.2, 0.25) is 0 Å². The number of Topliss-reactive ketones (excluding diaryl/α,β-unsaturated/α-hetero) is 1. The van der Waals surface area contributed by atoms with Gasteiger partial charge in [0.05, 0.1) is 52.4 Å². The Morgan fingerprint density at radius 1 is 1.00 bits per heavy atom. The van der Waals surface area contributed by atoms with Gasteiger partial charge in [-0.25, -0.2) is 9.97 Å². The first-order chi connectivity index (χ1) is 12.1. The molecule has 0 saturated carbocycles. The molecule has 0 amide bonds. The first kappa shape index (κ1) is 21.4. The van der Waals surface area contributed by atoms with Crippen LogP contribution in [0.5, 0.6) is 0 Å². The lowest BCUT2D eigenvalue weighted by Crippen LogP contribution is -2.15. The van der Waals surface area contributed by atoms with Crippen LogP contribution in [-0.2, 0) is 18.9 Å². The van der Waals surface area contributed by atoms with Gasteiger partial charge in [0, 0.05) is 19.5 Å². The van der Waals surface area contributed by atoms with Crippen LogP contribution >= 0.6 is 0 Å². The molecule has 0 atom stereocenters. The van der Waals surface area contributed by atoms with Gasteiger partial charge in [-0.15, -0.1) is 0 Å². The lowest BCUT2D eigenvalue weighted by molar-refractivity contribution is -0.0110. The van der Waals surface area contributed by atoms with E-state index in [1.54, 1.807) is 6.07 Å². The van der Waals surface area contributed by atoms with E-state index >= 15 is 0 Å². The number of nitrogens with one attached hydrogen (secondary N) is 1. The van der Waals surface area contributed by atoms with Crippen molar-refractivity contribution < 1.29 is 23.7 Å². The zero-order chi connectivity index (χ0) is 18.3. The number of aromatic nitrogens is 2. The first-order valence-electron chi connectivity index (χ1n) is 8.51. The molecule has 8 heteroatoms. The third kappa shape index (κ3) is 11.5. The second-order valence-corrected chi connectivity index (χ2v) is 5.53. The summed E-state index contributed by atoms with van der Waals surface area (Å²) < 4.78 is 21.6. The Labute approximate surface area is 149 Å². The maximum Gasteiger partial charge on any atom is 0.178 e. The molecule has 1 aromatic heterocycles. The van der Waals surface area contributed by atoms with Crippen molar-refractivity contribution >= 4 is 11.6 Å². The Hall–Kier alpha value is -1.61. The fourth-order valence-electron chi connectivity index (χ4n) is 1.78. The standard InChI is InChI=1S/C17H29N3O5/c1-14(2)25-11-10-24-9-8-23-7-6-22-5-4-18-17-12-16(15(3)21)19-13-20-17/h12-14H,4-11H2,1-3H3,(H,18,19,20). The van der Waals surface area contributed by atoms with Crippen molar-refractivity contribution in [3.63, 3.8) is 0 Å². The van der Waals surface area contributed by atoms with Gasteiger partial charge >= 0.3 is 0 Å². The molecule has 25 heavy (non-hydrogen) atoms. The molecule has 0 spiro atoms.